The van der Waals surface area contributed by atoms with Gasteiger partial charge < -0.3 is 11.1 Å². The van der Waals surface area contributed by atoms with Crippen LogP contribution in [0.1, 0.15) is 6.42 Å². The first-order valence-corrected chi connectivity index (χ1v) is 7.21. The lowest BCUT2D eigenvalue weighted by molar-refractivity contribution is -0.117. The van der Waals surface area contributed by atoms with Crippen molar-refractivity contribution >= 4 is 21.4 Å². The number of benzene rings is 1. The average Bonchev–Trinajstić information content (AvgIpc) is 2.28. The quantitative estimate of drug-likeness (QED) is 0.777. The second kappa shape index (κ2) is 5.79. The number of anilines is 1. The molecule has 0 saturated heterocycles. The maximum atomic E-state index is 11.6. The second-order valence-electron chi connectivity index (χ2n) is 3.92. The third-order valence-corrected chi connectivity index (χ3v) is 3.44. The Morgan fingerprint density at radius 2 is 2.00 bits per heavy atom. The Morgan fingerprint density at radius 1 is 1.44 bits per heavy atom. The molecule has 1 rings (SSSR count). The van der Waals surface area contributed by atoms with E-state index in [1.165, 1.54) is 24.3 Å². The Labute approximate surface area is 107 Å². The smallest absolute Gasteiger partial charge is 0.241 e. The highest BCUT2D eigenvalue weighted by molar-refractivity contribution is 7.90. The van der Waals surface area contributed by atoms with Gasteiger partial charge >= 0.3 is 0 Å². The van der Waals surface area contributed by atoms with E-state index in [-0.39, 0.29) is 10.8 Å². The summed E-state index contributed by atoms with van der Waals surface area (Å²) in [5.41, 5.74) is 6.10. The van der Waals surface area contributed by atoms with Gasteiger partial charge in [0.15, 0.2) is 9.84 Å². The minimum absolute atomic E-state index is 0.205. The highest BCUT2D eigenvalue weighted by Gasteiger charge is 2.12. The second-order valence-corrected chi connectivity index (χ2v) is 5.93. The third kappa shape index (κ3) is 3.97. The maximum Gasteiger partial charge on any atom is 0.241 e. The number of hydrogen-bond acceptors (Lipinski definition) is 4. The number of hydrogen-bond donors (Lipinski definition) is 2. The Balaban J connectivity index is 2.76. The van der Waals surface area contributed by atoms with E-state index < -0.39 is 15.9 Å². The van der Waals surface area contributed by atoms with Crippen LogP contribution in [0.2, 0.25) is 0 Å². The van der Waals surface area contributed by atoms with Gasteiger partial charge in [-0.1, -0.05) is 6.08 Å². The number of amides is 1. The molecule has 18 heavy (non-hydrogen) atoms. The number of nitrogens with one attached hydrogen (secondary N) is 1. The van der Waals surface area contributed by atoms with Crippen molar-refractivity contribution in [3.8, 4) is 0 Å². The first-order valence-electron chi connectivity index (χ1n) is 5.32. The predicted octanol–water partition coefficient (Wildman–Crippen LogP) is 0.932. The van der Waals surface area contributed by atoms with Crippen LogP contribution < -0.4 is 11.1 Å². The lowest BCUT2D eigenvalue weighted by Crippen LogP contribution is -2.35. The zero-order chi connectivity index (χ0) is 13.8. The number of carbonyl (C=O) groups is 1. The molecule has 1 atom stereocenters. The van der Waals surface area contributed by atoms with Crippen LogP contribution in [0, 0.1) is 0 Å². The van der Waals surface area contributed by atoms with Crippen LogP contribution in [0.4, 0.5) is 5.69 Å². The van der Waals surface area contributed by atoms with Crippen LogP contribution in [-0.4, -0.2) is 26.6 Å². The number of rotatable bonds is 5. The highest BCUT2D eigenvalue weighted by Crippen LogP contribution is 2.14. The molecule has 0 aliphatic rings. The van der Waals surface area contributed by atoms with Gasteiger partial charge in [-0.3, -0.25) is 4.79 Å². The molecule has 0 aliphatic heterocycles. The van der Waals surface area contributed by atoms with Crippen molar-refractivity contribution in [2.45, 2.75) is 17.4 Å². The molecule has 0 saturated carbocycles. The lowest BCUT2D eigenvalue weighted by atomic mass is 10.2. The zero-order valence-corrected chi connectivity index (χ0v) is 10.9. The minimum Gasteiger partial charge on any atom is -0.325 e. The summed E-state index contributed by atoms with van der Waals surface area (Å²) in [5.74, 6) is -0.331. The average molecular weight is 268 g/mol. The number of nitrogens with two attached hydrogens (primary N) is 1. The molecular formula is C12H16N2O3S. The Bertz CT molecular complexity index is 535. The van der Waals surface area contributed by atoms with E-state index in [2.05, 4.69) is 11.9 Å². The summed E-state index contributed by atoms with van der Waals surface area (Å²) in [6.45, 7) is 3.50. The van der Waals surface area contributed by atoms with Crippen LogP contribution in [-0.2, 0) is 14.6 Å². The van der Waals surface area contributed by atoms with Gasteiger partial charge in [0.25, 0.3) is 0 Å². The molecular weight excluding hydrogens is 252 g/mol. The molecule has 3 N–H and O–H groups in total. The van der Waals surface area contributed by atoms with Crippen LogP contribution in [0.3, 0.4) is 0 Å². The predicted molar refractivity (Wildman–Crippen MR) is 71.0 cm³/mol. The van der Waals surface area contributed by atoms with E-state index in [9.17, 15) is 13.2 Å². The standard InChI is InChI=1S/C12H16N2O3S/c1-3-4-11(13)12(15)14-9-5-7-10(8-6-9)18(2,16)17/h3,5-8,11H,1,4,13H2,2H3,(H,14,15). The topological polar surface area (TPSA) is 89.3 Å². The molecule has 0 radical (unpaired) electrons. The molecule has 98 valence electrons. The van der Waals surface area contributed by atoms with Crippen molar-refractivity contribution in [2.24, 2.45) is 5.73 Å². The summed E-state index contributed by atoms with van der Waals surface area (Å²) in [7, 11) is -3.22. The van der Waals surface area contributed by atoms with E-state index in [0.717, 1.165) is 6.26 Å². The number of sulfone groups is 1. The summed E-state index contributed by atoms with van der Waals surface area (Å²) in [6.07, 6.45) is 3.07. The Kier molecular flexibility index (Phi) is 4.63. The monoisotopic (exact) mass is 268 g/mol. The van der Waals surface area contributed by atoms with Gasteiger partial charge in [0.1, 0.15) is 0 Å². The van der Waals surface area contributed by atoms with Gasteiger partial charge in [-0.25, -0.2) is 8.42 Å². The van der Waals surface area contributed by atoms with E-state index in [4.69, 9.17) is 5.73 Å². The first-order chi connectivity index (χ1) is 8.34. The van der Waals surface area contributed by atoms with E-state index in [1.54, 1.807) is 6.08 Å². The summed E-state index contributed by atoms with van der Waals surface area (Å²) < 4.78 is 22.5. The fraction of sp³-hybridized carbons (Fsp3) is 0.250. The minimum atomic E-state index is -3.22. The van der Waals surface area contributed by atoms with Gasteiger partial charge in [-0.15, -0.1) is 6.58 Å². The van der Waals surface area contributed by atoms with Crippen LogP contribution in [0.15, 0.2) is 41.8 Å². The van der Waals surface area contributed by atoms with Gasteiger partial charge in [-0.2, -0.15) is 0 Å². The maximum absolute atomic E-state index is 11.6. The summed E-state index contributed by atoms with van der Waals surface area (Å²) in [4.78, 5) is 11.8. The van der Waals surface area contributed by atoms with Crippen molar-refractivity contribution in [2.75, 3.05) is 11.6 Å². The van der Waals surface area contributed by atoms with Crippen LogP contribution >= 0.6 is 0 Å². The fourth-order valence-corrected chi connectivity index (χ4v) is 1.94. The molecule has 0 bridgehead atoms. The van der Waals surface area contributed by atoms with Crippen LogP contribution in [0.25, 0.3) is 0 Å². The zero-order valence-electron chi connectivity index (χ0n) is 10.1. The SMILES string of the molecule is C=CCC(N)C(=O)Nc1ccc(S(C)(=O)=O)cc1. The normalized spacial score (nSPS) is 12.8. The molecule has 0 spiro atoms. The van der Waals surface area contributed by atoms with Crippen molar-refractivity contribution in [1.29, 1.82) is 0 Å². The van der Waals surface area contributed by atoms with Crippen molar-refractivity contribution < 1.29 is 13.2 Å². The van der Waals surface area contributed by atoms with Gasteiger partial charge in [0.05, 0.1) is 10.9 Å². The molecule has 1 aromatic rings. The lowest BCUT2D eigenvalue weighted by Gasteiger charge is -2.10. The molecule has 0 fully saturated rings. The number of carbonyl (C=O) groups excluding carboxylic acids is 1. The van der Waals surface area contributed by atoms with Crippen LogP contribution in [0.5, 0.6) is 0 Å². The third-order valence-electron chi connectivity index (χ3n) is 2.31. The van der Waals surface area contributed by atoms with Crippen molar-refractivity contribution in [3.63, 3.8) is 0 Å². The molecule has 5 nitrogen and oxygen atoms in total. The molecule has 0 aliphatic carbocycles. The summed E-state index contributed by atoms with van der Waals surface area (Å²) in [6, 6.07) is 5.26. The van der Waals surface area contributed by atoms with E-state index >= 15 is 0 Å². The van der Waals surface area contributed by atoms with Gasteiger partial charge in [0, 0.05) is 11.9 Å². The molecule has 1 amide bonds. The van der Waals surface area contributed by atoms with Crippen molar-refractivity contribution in [3.05, 3.63) is 36.9 Å². The molecule has 1 unspecified atom stereocenters. The summed E-state index contributed by atoms with van der Waals surface area (Å²) in [5, 5.41) is 2.60. The van der Waals surface area contributed by atoms with E-state index in [1.807, 2.05) is 0 Å². The van der Waals surface area contributed by atoms with Crippen molar-refractivity contribution in [1.82, 2.24) is 0 Å². The Morgan fingerprint density at radius 3 is 2.44 bits per heavy atom. The Hall–Kier alpha value is -1.66. The van der Waals surface area contributed by atoms with Gasteiger partial charge in [-0.05, 0) is 30.7 Å². The van der Waals surface area contributed by atoms with E-state index in [0.29, 0.717) is 12.1 Å². The molecule has 6 heteroatoms. The van der Waals surface area contributed by atoms with Gasteiger partial charge in [0.2, 0.25) is 5.91 Å². The molecule has 0 aromatic heterocycles. The highest BCUT2D eigenvalue weighted by atomic mass is 32.2. The molecule has 0 heterocycles. The summed E-state index contributed by atoms with van der Waals surface area (Å²) >= 11 is 0. The fourth-order valence-electron chi connectivity index (χ4n) is 1.31. The molecule has 1 aromatic carbocycles. The first kappa shape index (κ1) is 14.4. The largest absolute Gasteiger partial charge is 0.325 e.